The Morgan fingerprint density at radius 3 is 2.60 bits per heavy atom. The molecule has 2 aliphatic heterocycles. The van der Waals surface area contributed by atoms with Gasteiger partial charge in [0.05, 0.1) is 11.6 Å². The Labute approximate surface area is 156 Å². The molecule has 0 aliphatic carbocycles. The minimum absolute atomic E-state index is 0. The molecule has 3 rings (SSSR count). The summed E-state index contributed by atoms with van der Waals surface area (Å²) < 4.78 is 11.3. The van der Waals surface area contributed by atoms with E-state index in [2.05, 4.69) is 36.5 Å². The number of hydrogen-bond acceptors (Lipinski definition) is 4. The van der Waals surface area contributed by atoms with E-state index in [1.807, 2.05) is 0 Å². The van der Waals surface area contributed by atoms with Crippen LogP contribution in [0.25, 0.3) is 0 Å². The number of carbonyl (C=O) groups excluding carboxylic acids is 1. The van der Waals surface area contributed by atoms with E-state index in [0.29, 0.717) is 32.6 Å². The van der Waals surface area contributed by atoms with Crippen LogP contribution in [-0.2, 0) is 14.3 Å². The number of carbonyl (C=O) groups is 1. The number of nitrogens with two attached hydrogens (primary N) is 1. The summed E-state index contributed by atoms with van der Waals surface area (Å²) >= 11 is 0. The number of ether oxygens (including phenoxy) is 2. The van der Waals surface area contributed by atoms with E-state index < -0.39 is 5.54 Å². The molecule has 2 aliphatic rings. The van der Waals surface area contributed by atoms with Crippen molar-refractivity contribution in [2.24, 2.45) is 11.7 Å². The van der Waals surface area contributed by atoms with E-state index in [0.717, 1.165) is 19.4 Å². The molecule has 2 atom stereocenters. The number of aryl methyl sites for hydroxylation is 1. The number of rotatable bonds is 4. The van der Waals surface area contributed by atoms with Crippen molar-refractivity contribution >= 4 is 18.3 Å². The molecule has 0 radical (unpaired) electrons. The lowest BCUT2D eigenvalue weighted by Crippen LogP contribution is -2.57. The summed E-state index contributed by atoms with van der Waals surface area (Å²) in [4.78, 5) is 12.5. The molecule has 1 aromatic rings. The number of halogens is 1. The van der Waals surface area contributed by atoms with Gasteiger partial charge in [0.25, 0.3) is 0 Å². The van der Waals surface area contributed by atoms with Gasteiger partial charge < -0.3 is 20.5 Å². The fourth-order valence-corrected chi connectivity index (χ4v) is 3.54. The van der Waals surface area contributed by atoms with Gasteiger partial charge in [0.1, 0.15) is 0 Å². The van der Waals surface area contributed by atoms with E-state index >= 15 is 0 Å². The molecule has 0 aromatic heterocycles. The summed E-state index contributed by atoms with van der Waals surface area (Å²) in [6.45, 7) is 4.58. The molecule has 0 bridgehead atoms. The summed E-state index contributed by atoms with van der Waals surface area (Å²) in [6, 6.07) is 8.48. The zero-order chi connectivity index (χ0) is 17.0. The standard InChI is InChI=1S/C19H28N2O3.ClH/c1-14-4-6-15(7-5-14)17-16(3-2-10-24-17)13-21-18(22)19(20)8-11-23-12-9-19;/h4-7,16-17H,2-3,8-13,20H2,1H3,(H,21,22);1H. The molecule has 2 saturated heterocycles. The van der Waals surface area contributed by atoms with Crippen LogP contribution in [0.15, 0.2) is 24.3 Å². The first kappa shape index (κ1) is 20.2. The molecule has 0 spiro atoms. The van der Waals surface area contributed by atoms with Crippen molar-refractivity contribution in [2.45, 2.75) is 44.2 Å². The second-order valence-electron chi connectivity index (χ2n) is 7.08. The van der Waals surface area contributed by atoms with Gasteiger partial charge >= 0.3 is 0 Å². The average molecular weight is 369 g/mol. The predicted octanol–water partition coefficient (Wildman–Crippen LogP) is 2.51. The summed E-state index contributed by atoms with van der Waals surface area (Å²) in [7, 11) is 0. The van der Waals surface area contributed by atoms with Gasteiger partial charge in [-0.15, -0.1) is 12.4 Å². The molecule has 5 nitrogen and oxygen atoms in total. The van der Waals surface area contributed by atoms with E-state index in [-0.39, 0.29) is 30.3 Å². The van der Waals surface area contributed by atoms with Crippen LogP contribution in [0.5, 0.6) is 0 Å². The first-order valence-electron chi connectivity index (χ1n) is 8.92. The third kappa shape index (κ3) is 4.94. The molecule has 1 amide bonds. The van der Waals surface area contributed by atoms with Crippen LogP contribution in [-0.4, -0.2) is 37.8 Å². The Kier molecular flexibility index (Phi) is 7.25. The predicted molar refractivity (Wildman–Crippen MR) is 99.8 cm³/mol. The number of hydrogen-bond donors (Lipinski definition) is 2. The van der Waals surface area contributed by atoms with Gasteiger partial charge in [-0.3, -0.25) is 4.79 Å². The summed E-state index contributed by atoms with van der Waals surface area (Å²) in [5, 5.41) is 3.07. The van der Waals surface area contributed by atoms with Crippen molar-refractivity contribution in [3.05, 3.63) is 35.4 Å². The normalized spacial score (nSPS) is 25.7. The van der Waals surface area contributed by atoms with Crippen LogP contribution in [0.2, 0.25) is 0 Å². The molecule has 2 heterocycles. The molecule has 0 saturated carbocycles. The second-order valence-corrected chi connectivity index (χ2v) is 7.08. The van der Waals surface area contributed by atoms with Crippen LogP contribution in [0.4, 0.5) is 0 Å². The minimum Gasteiger partial charge on any atom is -0.381 e. The maximum atomic E-state index is 12.5. The Balaban J connectivity index is 0.00000225. The van der Waals surface area contributed by atoms with Crippen LogP contribution in [0.3, 0.4) is 0 Å². The van der Waals surface area contributed by atoms with Gasteiger partial charge in [-0.1, -0.05) is 29.8 Å². The van der Waals surface area contributed by atoms with Gasteiger partial charge in [0, 0.05) is 32.3 Å². The zero-order valence-electron chi connectivity index (χ0n) is 14.8. The highest BCUT2D eigenvalue weighted by atomic mass is 35.5. The van der Waals surface area contributed by atoms with E-state index in [9.17, 15) is 4.79 Å². The minimum atomic E-state index is -0.785. The second kappa shape index (κ2) is 8.99. The Bertz CT molecular complexity index is 558. The van der Waals surface area contributed by atoms with E-state index in [4.69, 9.17) is 15.2 Å². The zero-order valence-corrected chi connectivity index (χ0v) is 15.6. The van der Waals surface area contributed by atoms with Crippen molar-refractivity contribution in [3.63, 3.8) is 0 Å². The maximum Gasteiger partial charge on any atom is 0.240 e. The van der Waals surface area contributed by atoms with Gasteiger partial charge in [-0.05, 0) is 38.2 Å². The summed E-state index contributed by atoms with van der Waals surface area (Å²) in [6.07, 6.45) is 3.30. The first-order chi connectivity index (χ1) is 11.6. The highest BCUT2D eigenvalue weighted by molar-refractivity contribution is 5.86. The molecule has 3 N–H and O–H groups in total. The molecule has 2 unspecified atom stereocenters. The largest absolute Gasteiger partial charge is 0.381 e. The van der Waals surface area contributed by atoms with E-state index in [1.165, 1.54) is 11.1 Å². The lowest BCUT2D eigenvalue weighted by molar-refractivity contribution is -0.130. The quantitative estimate of drug-likeness (QED) is 0.856. The highest BCUT2D eigenvalue weighted by Gasteiger charge is 2.37. The fraction of sp³-hybridized carbons (Fsp3) is 0.632. The lowest BCUT2D eigenvalue weighted by atomic mass is 9.87. The van der Waals surface area contributed by atoms with Crippen molar-refractivity contribution in [2.75, 3.05) is 26.4 Å². The Morgan fingerprint density at radius 2 is 1.92 bits per heavy atom. The van der Waals surface area contributed by atoms with Gasteiger partial charge in [-0.2, -0.15) is 0 Å². The molecule has 1 aromatic carbocycles. The van der Waals surface area contributed by atoms with Gasteiger partial charge in [-0.25, -0.2) is 0 Å². The van der Waals surface area contributed by atoms with Crippen molar-refractivity contribution in [1.82, 2.24) is 5.32 Å². The van der Waals surface area contributed by atoms with Crippen LogP contribution in [0.1, 0.15) is 42.9 Å². The smallest absolute Gasteiger partial charge is 0.240 e. The topological polar surface area (TPSA) is 73.6 Å². The lowest BCUT2D eigenvalue weighted by Gasteiger charge is -2.35. The summed E-state index contributed by atoms with van der Waals surface area (Å²) in [5.74, 6) is 0.230. The number of nitrogens with one attached hydrogen (secondary N) is 1. The monoisotopic (exact) mass is 368 g/mol. The van der Waals surface area contributed by atoms with Crippen molar-refractivity contribution in [3.8, 4) is 0 Å². The van der Waals surface area contributed by atoms with Crippen LogP contribution >= 0.6 is 12.4 Å². The number of benzene rings is 1. The van der Waals surface area contributed by atoms with Crippen LogP contribution in [0, 0.1) is 12.8 Å². The molecule has 6 heteroatoms. The SMILES string of the molecule is Cc1ccc(C2OCCCC2CNC(=O)C2(N)CCOCC2)cc1.Cl. The third-order valence-corrected chi connectivity index (χ3v) is 5.21. The van der Waals surface area contributed by atoms with Gasteiger partial charge in [0.15, 0.2) is 0 Å². The molecular formula is C19H29ClN2O3. The molecule has 2 fully saturated rings. The van der Waals surface area contributed by atoms with Gasteiger partial charge in [0.2, 0.25) is 5.91 Å². The number of amides is 1. The van der Waals surface area contributed by atoms with E-state index in [1.54, 1.807) is 0 Å². The highest BCUT2D eigenvalue weighted by Crippen LogP contribution is 2.33. The third-order valence-electron chi connectivity index (χ3n) is 5.21. The first-order valence-corrected chi connectivity index (χ1v) is 8.92. The molecular weight excluding hydrogens is 340 g/mol. The van der Waals surface area contributed by atoms with Crippen molar-refractivity contribution in [1.29, 1.82) is 0 Å². The van der Waals surface area contributed by atoms with Crippen molar-refractivity contribution < 1.29 is 14.3 Å². The Hall–Kier alpha value is -1.14. The molecule has 25 heavy (non-hydrogen) atoms. The average Bonchev–Trinajstić information content (AvgIpc) is 2.61. The Morgan fingerprint density at radius 1 is 1.24 bits per heavy atom. The molecule has 140 valence electrons. The fourth-order valence-electron chi connectivity index (χ4n) is 3.54. The summed E-state index contributed by atoms with van der Waals surface area (Å²) in [5.41, 5.74) is 7.90. The maximum absolute atomic E-state index is 12.5. The van der Waals surface area contributed by atoms with Crippen LogP contribution < -0.4 is 11.1 Å².